The van der Waals surface area contributed by atoms with Crippen molar-refractivity contribution >= 4 is 21.6 Å². The molecular weight excluding hydrogens is 322 g/mol. The summed E-state index contributed by atoms with van der Waals surface area (Å²) in [6.07, 6.45) is 4.53. The first-order chi connectivity index (χ1) is 11.5. The van der Waals surface area contributed by atoms with Gasteiger partial charge >= 0.3 is 0 Å². The number of fused-ring (bicyclic) bond motifs is 3. The Morgan fingerprint density at radius 2 is 2.38 bits per heavy atom. The molecule has 130 valence electrons. The molecule has 0 aromatic carbocycles. The Morgan fingerprint density at radius 3 is 3.08 bits per heavy atom. The van der Waals surface area contributed by atoms with Crippen LogP contribution in [0.2, 0.25) is 0 Å². The summed E-state index contributed by atoms with van der Waals surface area (Å²) < 4.78 is 0. The Hall–Kier alpha value is -1.50. The van der Waals surface area contributed by atoms with Gasteiger partial charge in [0.2, 0.25) is 0 Å². The maximum absolute atomic E-state index is 12.6. The van der Waals surface area contributed by atoms with E-state index < -0.39 is 6.10 Å². The molecular formula is C18H25N3O2S. The Bertz CT molecular complexity index is 793. The van der Waals surface area contributed by atoms with E-state index in [9.17, 15) is 9.90 Å². The van der Waals surface area contributed by atoms with Gasteiger partial charge < -0.3 is 10.1 Å². The minimum Gasteiger partial charge on any atom is -0.392 e. The molecule has 0 aliphatic heterocycles. The molecule has 0 saturated heterocycles. The summed E-state index contributed by atoms with van der Waals surface area (Å²) in [7, 11) is 0. The summed E-state index contributed by atoms with van der Waals surface area (Å²) in [5.41, 5.74) is 1.18. The Morgan fingerprint density at radius 1 is 1.58 bits per heavy atom. The van der Waals surface area contributed by atoms with E-state index >= 15 is 0 Å². The van der Waals surface area contributed by atoms with Gasteiger partial charge in [-0.3, -0.25) is 9.69 Å². The zero-order valence-corrected chi connectivity index (χ0v) is 15.2. The van der Waals surface area contributed by atoms with Crippen molar-refractivity contribution in [3.8, 4) is 0 Å². The topological polar surface area (TPSA) is 69.2 Å². The highest BCUT2D eigenvalue weighted by atomic mass is 32.1. The summed E-state index contributed by atoms with van der Waals surface area (Å²) in [6, 6.07) is 0. The second-order valence-electron chi connectivity index (χ2n) is 6.88. The molecule has 2 heterocycles. The van der Waals surface area contributed by atoms with E-state index in [1.54, 1.807) is 24.3 Å². The third kappa shape index (κ3) is 3.61. The second-order valence-corrected chi connectivity index (χ2v) is 7.96. The standard InChI is InChI=1S/C18H25N3O2S/c1-4-7-21(9-12(3)22)10-15-19-17(23)16-13-6-5-11(2)8-14(13)24-18(16)20-15/h4,11-12,22H,1,5-10H2,2-3H3,(H,19,20,23)/t11-,12-/m1/s1. The molecule has 3 rings (SSSR count). The molecule has 1 aliphatic carbocycles. The van der Waals surface area contributed by atoms with Crippen LogP contribution in [-0.2, 0) is 19.4 Å². The van der Waals surface area contributed by atoms with Crippen LogP contribution in [0.4, 0.5) is 0 Å². The van der Waals surface area contributed by atoms with Crippen molar-refractivity contribution in [3.05, 3.63) is 39.3 Å². The van der Waals surface area contributed by atoms with Crippen molar-refractivity contribution in [3.63, 3.8) is 0 Å². The third-order valence-electron chi connectivity index (χ3n) is 4.50. The van der Waals surface area contributed by atoms with E-state index in [0.717, 1.165) is 29.5 Å². The first-order valence-electron chi connectivity index (χ1n) is 8.52. The molecule has 2 aromatic rings. The summed E-state index contributed by atoms with van der Waals surface area (Å²) in [5.74, 6) is 1.33. The quantitative estimate of drug-likeness (QED) is 0.788. The first kappa shape index (κ1) is 17.3. The molecule has 24 heavy (non-hydrogen) atoms. The highest BCUT2D eigenvalue weighted by Crippen LogP contribution is 2.35. The smallest absolute Gasteiger partial charge is 0.259 e. The maximum atomic E-state index is 12.6. The molecule has 6 heteroatoms. The van der Waals surface area contributed by atoms with Gasteiger partial charge in [0.15, 0.2) is 0 Å². The predicted octanol–water partition coefficient (Wildman–Crippen LogP) is 2.48. The van der Waals surface area contributed by atoms with Crippen LogP contribution in [0, 0.1) is 5.92 Å². The number of aliphatic hydroxyl groups excluding tert-OH is 1. The fourth-order valence-corrected chi connectivity index (χ4v) is 4.84. The van der Waals surface area contributed by atoms with Crippen LogP contribution in [0.15, 0.2) is 17.4 Å². The van der Waals surface area contributed by atoms with Gasteiger partial charge in [-0.05, 0) is 37.7 Å². The maximum Gasteiger partial charge on any atom is 0.259 e. The lowest BCUT2D eigenvalue weighted by Crippen LogP contribution is -2.32. The number of hydrogen-bond donors (Lipinski definition) is 2. The molecule has 0 saturated carbocycles. The summed E-state index contributed by atoms with van der Waals surface area (Å²) in [4.78, 5) is 24.4. The number of nitrogens with zero attached hydrogens (tertiary/aromatic N) is 2. The predicted molar refractivity (Wildman–Crippen MR) is 98.6 cm³/mol. The number of aryl methyl sites for hydroxylation is 1. The van der Waals surface area contributed by atoms with E-state index in [1.807, 2.05) is 4.90 Å². The average molecular weight is 347 g/mol. The number of hydrogen-bond acceptors (Lipinski definition) is 5. The Labute approximate surface area is 146 Å². The van der Waals surface area contributed by atoms with Gasteiger partial charge in [-0.2, -0.15) is 0 Å². The highest BCUT2D eigenvalue weighted by molar-refractivity contribution is 7.18. The molecule has 0 bridgehead atoms. The van der Waals surface area contributed by atoms with E-state index in [2.05, 4.69) is 18.5 Å². The van der Waals surface area contributed by atoms with E-state index in [0.29, 0.717) is 31.4 Å². The summed E-state index contributed by atoms with van der Waals surface area (Å²) in [5, 5.41) is 10.4. The zero-order chi connectivity index (χ0) is 17.3. The average Bonchev–Trinajstić information content (AvgIpc) is 2.84. The van der Waals surface area contributed by atoms with Gasteiger partial charge in [0.05, 0.1) is 18.0 Å². The number of aliphatic hydroxyl groups is 1. The minimum atomic E-state index is -0.434. The summed E-state index contributed by atoms with van der Waals surface area (Å²) >= 11 is 1.67. The molecule has 2 aromatic heterocycles. The lowest BCUT2D eigenvalue weighted by molar-refractivity contribution is 0.128. The normalized spacial score (nSPS) is 18.8. The highest BCUT2D eigenvalue weighted by Gasteiger charge is 2.23. The van der Waals surface area contributed by atoms with E-state index in [1.165, 1.54) is 10.4 Å². The van der Waals surface area contributed by atoms with Gasteiger partial charge in [0.1, 0.15) is 10.7 Å². The van der Waals surface area contributed by atoms with Crippen molar-refractivity contribution in [1.29, 1.82) is 0 Å². The number of aromatic amines is 1. The van der Waals surface area contributed by atoms with Crippen molar-refractivity contribution in [2.24, 2.45) is 5.92 Å². The van der Waals surface area contributed by atoms with Crippen LogP contribution in [0.5, 0.6) is 0 Å². The first-order valence-corrected chi connectivity index (χ1v) is 9.34. The molecule has 2 N–H and O–H groups in total. The molecule has 0 fully saturated rings. The number of H-pyrrole nitrogens is 1. The molecule has 0 unspecified atom stereocenters. The van der Waals surface area contributed by atoms with Crippen LogP contribution in [0.3, 0.4) is 0 Å². The Balaban J connectivity index is 1.93. The lowest BCUT2D eigenvalue weighted by Gasteiger charge is -2.21. The van der Waals surface area contributed by atoms with Crippen LogP contribution < -0.4 is 5.56 Å². The van der Waals surface area contributed by atoms with E-state index in [4.69, 9.17) is 4.98 Å². The van der Waals surface area contributed by atoms with Gasteiger partial charge in [-0.1, -0.05) is 13.0 Å². The molecule has 1 aliphatic rings. The molecule has 0 radical (unpaired) electrons. The molecule has 5 nitrogen and oxygen atoms in total. The monoisotopic (exact) mass is 347 g/mol. The van der Waals surface area contributed by atoms with Gasteiger partial charge in [0, 0.05) is 18.0 Å². The zero-order valence-electron chi connectivity index (χ0n) is 14.3. The summed E-state index contributed by atoms with van der Waals surface area (Å²) in [6.45, 7) is 9.44. The SMILES string of the molecule is C=CCN(Cc1nc2sc3c(c2c(=O)[nH]1)CC[C@@H](C)C3)C[C@@H](C)O. The number of nitrogens with one attached hydrogen (secondary N) is 1. The van der Waals surface area contributed by atoms with Gasteiger partial charge in [-0.15, -0.1) is 17.9 Å². The number of thiophene rings is 1. The Kier molecular flexibility index (Phi) is 5.18. The van der Waals surface area contributed by atoms with Crippen LogP contribution in [0.1, 0.15) is 36.5 Å². The van der Waals surface area contributed by atoms with Crippen LogP contribution in [0.25, 0.3) is 10.2 Å². The molecule has 0 spiro atoms. The van der Waals surface area contributed by atoms with Crippen LogP contribution in [-0.4, -0.2) is 39.2 Å². The lowest BCUT2D eigenvalue weighted by atomic mass is 9.89. The second kappa shape index (κ2) is 7.17. The van der Waals surface area contributed by atoms with Gasteiger partial charge in [0.25, 0.3) is 5.56 Å². The van der Waals surface area contributed by atoms with Crippen molar-refractivity contribution in [2.75, 3.05) is 13.1 Å². The fraction of sp³-hybridized carbons (Fsp3) is 0.556. The van der Waals surface area contributed by atoms with Crippen molar-refractivity contribution < 1.29 is 5.11 Å². The minimum absolute atomic E-state index is 0.0300. The van der Waals surface area contributed by atoms with Crippen LogP contribution >= 0.6 is 11.3 Å². The van der Waals surface area contributed by atoms with Gasteiger partial charge in [-0.25, -0.2) is 4.98 Å². The van der Waals surface area contributed by atoms with E-state index in [-0.39, 0.29) is 5.56 Å². The van der Waals surface area contributed by atoms with Crippen molar-refractivity contribution in [2.45, 2.75) is 45.8 Å². The largest absolute Gasteiger partial charge is 0.392 e. The number of aromatic nitrogens is 2. The van der Waals surface area contributed by atoms with Crippen molar-refractivity contribution in [1.82, 2.24) is 14.9 Å². The molecule has 2 atom stereocenters. The third-order valence-corrected chi connectivity index (χ3v) is 5.65. The number of rotatable bonds is 6. The molecule has 0 amide bonds. The fourth-order valence-electron chi connectivity index (χ4n) is 3.44.